The Balaban J connectivity index is 1.89. The summed E-state index contributed by atoms with van der Waals surface area (Å²) in [4.78, 5) is 16.2. The van der Waals surface area contributed by atoms with Crippen LogP contribution in [0.2, 0.25) is 0 Å². The van der Waals surface area contributed by atoms with Gasteiger partial charge >= 0.3 is 6.03 Å². The van der Waals surface area contributed by atoms with Crippen molar-refractivity contribution in [3.8, 4) is 0 Å². The van der Waals surface area contributed by atoms with Crippen LogP contribution in [0.3, 0.4) is 0 Å². The Labute approximate surface area is 147 Å². The molecule has 0 aliphatic carbocycles. The van der Waals surface area contributed by atoms with Crippen molar-refractivity contribution >= 4 is 16.1 Å². The monoisotopic (exact) mass is 362 g/mol. The lowest BCUT2D eigenvalue weighted by atomic mass is 10.1. The number of hydrogen-bond donors (Lipinski definition) is 3. The van der Waals surface area contributed by atoms with E-state index in [1.165, 1.54) is 7.05 Å². The highest BCUT2D eigenvalue weighted by molar-refractivity contribution is 7.88. The molecule has 0 aliphatic heterocycles. The number of urea groups is 1. The lowest BCUT2D eigenvalue weighted by Gasteiger charge is -2.14. The van der Waals surface area contributed by atoms with Crippen molar-refractivity contribution in [2.24, 2.45) is 0 Å². The van der Waals surface area contributed by atoms with Crippen LogP contribution in [0.1, 0.15) is 29.8 Å². The number of carbonyl (C=O) groups is 1. The van der Waals surface area contributed by atoms with Crippen molar-refractivity contribution < 1.29 is 13.2 Å². The number of benzene rings is 1. The molecule has 1 heterocycles. The maximum absolute atomic E-state index is 12.0. The van der Waals surface area contributed by atoms with Gasteiger partial charge in [-0.05, 0) is 37.2 Å². The molecule has 2 aromatic rings. The minimum absolute atomic E-state index is 0.0970. The fraction of sp³-hybridized carbons (Fsp3) is 0.294. The molecule has 1 unspecified atom stereocenters. The van der Waals surface area contributed by atoms with Gasteiger partial charge in [0.05, 0.1) is 17.5 Å². The molecule has 8 heteroatoms. The van der Waals surface area contributed by atoms with Crippen LogP contribution in [-0.2, 0) is 22.3 Å². The summed E-state index contributed by atoms with van der Waals surface area (Å²) in [5.41, 5.74) is 2.26. The van der Waals surface area contributed by atoms with Crippen molar-refractivity contribution in [1.29, 1.82) is 0 Å². The van der Waals surface area contributed by atoms with Crippen molar-refractivity contribution in [3.05, 3.63) is 65.5 Å². The Bertz CT molecular complexity index is 810. The molecule has 1 atom stereocenters. The van der Waals surface area contributed by atoms with E-state index in [4.69, 9.17) is 0 Å². The molecule has 7 nitrogen and oxygen atoms in total. The number of carbonyl (C=O) groups excluding carboxylic acids is 1. The summed E-state index contributed by atoms with van der Waals surface area (Å²) in [6, 6.07) is 12.1. The van der Waals surface area contributed by atoms with Gasteiger partial charge in [0.2, 0.25) is 10.0 Å². The van der Waals surface area contributed by atoms with Crippen molar-refractivity contribution in [2.45, 2.75) is 25.3 Å². The summed E-state index contributed by atoms with van der Waals surface area (Å²) >= 11 is 0. The van der Waals surface area contributed by atoms with E-state index >= 15 is 0 Å². The Hall–Kier alpha value is -2.45. The maximum Gasteiger partial charge on any atom is 0.315 e. The van der Waals surface area contributed by atoms with E-state index < -0.39 is 10.0 Å². The molecule has 1 aromatic carbocycles. The van der Waals surface area contributed by atoms with E-state index in [-0.39, 0.29) is 17.8 Å². The predicted octanol–water partition coefficient (Wildman–Crippen LogP) is 1.69. The molecular formula is C17H22N4O3S. The van der Waals surface area contributed by atoms with E-state index in [2.05, 4.69) is 20.3 Å². The van der Waals surface area contributed by atoms with E-state index in [0.29, 0.717) is 12.1 Å². The van der Waals surface area contributed by atoms with Crippen molar-refractivity contribution in [1.82, 2.24) is 20.3 Å². The fourth-order valence-corrected chi connectivity index (χ4v) is 3.02. The van der Waals surface area contributed by atoms with Crippen LogP contribution in [-0.4, -0.2) is 26.5 Å². The van der Waals surface area contributed by atoms with Crippen LogP contribution < -0.4 is 15.4 Å². The molecule has 2 rings (SSSR count). The molecule has 1 aromatic heterocycles. The van der Waals surface area contributed by atoms with E-state index in [9.17, 15) is 13.2 Å². The summed E-state index contributed by atoms with van der Waals surface area (Å²) in [6.07, 6.45) is 1.68. The third-order valence-corrected chi connectivity index (χ3v) is 4.93. The first-order chi connectivity index (χ1) is 11.9. The number of nitrogens with one attached hydrogen (secondary N) is 3. The van der Waals surface area contributed by atoms with Gasteiger partial charge in [-0.3, -0.25) is 4.98 Å². The summed E-state index contributed by atoms with van der Waals surface area (Å²) < 4.78 is 25.5. The molecule has 0 saturated heterocycles. The van der Waals surface area contributed by atoms with Crippen LogP contribution in [0, 0.1) is 0 Å². The van der Waals surface area contributed by atoms with Crippen molar-refractivity contribution in [3.63, 3.8) is 0 Å². The number of sulfonamides is 1. The van der Waals surface area contributed by atoms with Crippen LogP contribution in [0.4, 0.5) is 4.79 Å². The lowest BCUT2D eigenvalue weighted by Crippen LogP contribution is -2.36. The normalized spacial score (nSPS) is 12.4. The predicted molar refractivity (Wildman–Crippen MR) is 96.1 cm³/mol. The van der Waals surface area contributed by atoms with Gasteiger partial charge in [0, 0.05) is 12.7 Å². The Morgan fingerprint density at radius 1 is 1.16 bits per heavy atom. The second-order valence-corrected chi connectivity index (χ2v) is 7.51. The molecule has 0 saturated carbocycles. The van der Waals surface area contributed by atoms with Crippen LogP contribution in [0.15, 0.2) is 48.7 Å². The van der Waals surface area contributed by atoms with Gasteiger partial charge < -0.3 is 10.6 Å². The standard InChI is InChI=1S/C17H22N4O3S/c1-13(16-8-3-4-9-19-16)21-17(22)20-11-14-6-5-7-15(10-14)12-25(23,24)18-2/h3-10,13,18H,11-12H2,1-2H3,(H2,20,21,22). The zero-order chi connectivity index (χ0) is 18.3. The summed E-state index contributed by atoms with van der Waals surface area (Å²) in [7, 11) is -1.94. The topological polar surface area (TPSA) is 100 Å². The van der Waals surface area contributed by atoms with E-state index in [0.717, 1.165) is 11.3 Å². The average molecular weight is 362 g/mol. The van der Waals surface area contributed by atoms with Gasteiger partial charge in [0.1, 0.15) is 0 Å². The Morgan fingerprint density at radius 3 is 2.60 bits per heavy atom. The second kappa shape index (κ2) is 8.59. The zero-order valence-corrected chi connectivity index (χ0v) is 15.0. The lowest BCUT2D eigenvalue weighted by molar-refractivity contribution is 0.237. The highest BCUT2D eigenvalue weighted by Crippen LogP contribution is 2.09. The van der Waals surface area contributed by atoms with E-state index in [1.54, 1.807) is 24.4 Å². The van der Waals surface area contributed by atoms with Crippen molar-refractivity contribution in [2.75, 3.05) is 7.05 Å². The maximum atomic E-state index is 12.0. The van der Waals surface area contributed by atoms with E-state index in [1.807, 2.05) is 31.2 Å². The molecular weight excluding hydrogens is 340 g/mol. The minimum Gasteiger partial charge on any atom is -0.334 e. The van der Waals surface area contributed by atoms with Gasteiger partial charge in [0.25, 0.3) is 0 Å². The highest BCUT2D eigenvalue weighted by Gasteiger charge is 2.11. The molecule has 0 aliphatic rings. The van der Waals surface area contributed by atoms with Gasteiger partial charge in [-0.15, -0.1) is 0 Å². The quantitative estimate of drug-likeness (QED) is 0.698. The first-order valence-electron chi connectivity index (χ1n) is 7.84. The van der Waals surface area contributed by atoms with Gasteiger partial charge in [0.15, 0.2) is 0 Å². The number of rotatable bonds is 7. The third kappa shape index (κ3) is 6.17. The molecule has 0 fully saturated rings. The number of pyridine rings is 1. The Kier molecular flexibility index (Phi) is 6.49. The molecule has 0 spiro atoms. The molecule has 3 N–H and O–H groups in total. The zero-order valence-electron chi connectivity index (χ0n) is 14.2. The third-order valence-electron chi connectivity index (χ3n) is 3.59. The first kappa shape index (κ1) is 18.9. The molecule has 25 heavy (non-hydrogen) atoms. The largest absolute Gasteiger partial charge is 0.334 e. The molecule has 134 valence electrons. The summed E-state index contributed by atoms with van der Waals surface area (Å²) in [5, 5.41) is 5.57. The van der Waals surface area contributed by atoms with Crippen LogP contribution in [0.25, 0.3) is 0 Å². The molecule has 0 bridgehead atoms. The summed E-state index contributed by atoms with van der Waals surface area (Å²) in [5.74, 6) is -0.0970. The SMILES string of the molecule is CNS(=O)(=O)Cc1cccc(CNC(=O)NC(C)c2ccccn2)c1. The Morgan fingerprint density at radius 2 is 1.92 bits per heavy atom. The smallest absolute Gasteiger partial charge is 0.315 e. The average Bonchev–Trinajstić information content (AvgIpc) is 2.60. The van der Waals surface area contributed by atoms with Crippen LogP contribution in [0.5, 0.6) is 0 Å². The first-order valence-corrected chi connectivity index (χ1v) is 9.49. The molecule has 0 radical (unpaired) electrons. The molecule has 2 amide bonds. The fourth-order valence-electron chi connectivity index (χ4n) is 2.26. The number of aromatic nitrogens is 1. The number of hydrogen-bond acceptors (Lipinski definition) is 4. The number of amides is 2. The second-order valence-electron chi connectivity index (χ2n) is 5.59. The van der Waals surface area contributed by atoms with Gasteiger partial charge in [-0.1, -0.05) is 30.3 Å². The van der Waals surface area contributed by atoms with Gasteiger partial charge in [-0.2, -0.15) is 0 Å². The summed E-state index contributed by atoms with van der Waals surface area (Å²) in [6.45, 7) is 2.15. The number of nitrogens with zero attached hydrogens (tertiary/aromatic N) is 1. The van der Waals surface area contributed by atoms with Gasteiger partial charge in [-0.25, -0.2) is 17.9 Å². The minimum atomic E-state index is -3.32. The van der Waals surface area contributed by atoms with Crippen LogP contribution >= 0.6 is 0 Å². The highest BCUT2D eigenvalue weighted by atomic mass is 32.2.